The van der Waals surface area contributed by atoms with Crippen molar-refractivity contribution in [2.45, 2.75) is 38.1 Å². The number of benzene rings is 3. The Morgan fingerprint density at radius 2 is 1.66 bits per heavy atom. The van der Waals surface area contributed by atoms with Crippen molar-refractivity contribution in [3.63, 3.8) is 0 Å². The van der Waals surface area contributed by atoms with Crippen LogP contribution in [0.3, 0.4) is 0 Å². The molecule has 6 rings (SSSR count). The lowest BCUT2D eigenvalue weighted by atomic mass is 9.81. The molecule has 0 unspecified atom stereocenters. The number of carbonyl (C=O) groups excluding carboxylic acids is 2. The number of nitrogens with two attached hydrogens (primary N) is 2. The molecule has 0 bridgehead atoms. The SMILES string of the molecule is Cl.Cn1cnc2ccc(-c3ccc(C[C@H](N)C(=O)N(C(=O)C4CCC(CN)CC4)c4ccc(-c5nn[nH]n5)cc4)cc3)cc21. The number of fused-ring (bicyclic) bond motifs is 1. The minimum atomic E-state index is -0.905. The Hall–Kier alpha value is -4.45. The molecular weight excluding hydrogens is 578 g/mol. The summed E-state index contributed by atoms with van der Waals surface area (Å²) in [5.41, 5.74) is 18.6. The van der Waals surface area contributed by atoms with E-state index >= 15 is 0 Å². The smallest absolute Gasteiger partial charge is 0.251 e. The zero-order chi connectivity index (χ0) is 29.9. The number of nitrogens with zero attached hydrogens (tertiary/aromatic N) is 6. The van der Waals surface area contributed by atoms with Crippen molar-refractivity contribution in [2.24, 2.45) is 30.4 Å². The standard InChI is InChI=1S/C32H35N9O2.ClH/c1-40-19-35-28-15-12-25(17-29(28)40)22-6-2-20(3-7-22)16-27(34)32(43)41(31(42)24-8-4-21(18-33)5-9-24)26-13-10-23(11-14-26)30-36-38-39-37-30;/h2-3,6-7,10-15,17,19,21,24,27H,4-5,8-9,16,18,33-34H2,1H3,(H,36,37,38,39);1H/t21?,24?,27-;/m0./s1. The van der Waals surface area contributed by atoms with Crippen LogP contribution in [0.5, 0.6) is 0 Å². The van der Waals surface area contributed by atoms with Gasteiger partial charge in [-0.05, 0) is 103 Å². The molecule has 1 fully saturated rings. The van der Waals surface area contributed by atoms with Gasteiger partial charge in [0.1, 0.15) is 0 Å². The lowest BCUT2D eigenvalue weighted by Crippen LogP contribution is -2.50. The number of imide groups is 1. The highest BCUT2D eigenvalue weighted by molar-refractivity contribution is 6.17. The molecule has 0 spiro atoms. The second-order valence-corrected chi connectivity index (χ2v) is 11.3. The van der Waals surface area contributed by atoms with Crippen LogP contribution in [0.15, 0.2) is 73.1 Å². The zero-order valence-corrected chi connectivity index (χ0v) is 25.3. The summed E-state index contributed by atoms with van der Waals surface area (Å²) in [6.07, 6.45) is 5.25. The molecule has 0 radical (unpaired) electrons. The maximum Gasteiger partial charge on any atom is 0.251 e. The number of carbonyl (C=O) groups is 2. The van der Waals surface area contributed by atoms with Crippen LogP contribution in [0.4, 0.5) is 5.69 Å². The third kappa shape index (κ3) is 6.40. The van der Waals surface area contributed by atoms with Crippen molar-refractivity contribution in [2.75, 3.05) is 11.4 Å². The second-order valence-electron chi connectivity index (χ2n) is 11.3. The number of imidazole rings is 1. The number of anilines is 1. The number of aromatic nitrogens is 6. The summed E-state index contributed by atoms with van der Waals surface area (Å²) in [6.45, 7) is 0.614. The molecule has 1 saturated carbocycles. The minimum absolute atomic E-state index is 0. The fourth-order valence-corrected chi connectivity index (χ4v) is 5.88. The van der Waals surface area contributed by atoms with Crippen molar-refractivity contribution in [1.29, 1.82) is 0 Å². The van der Waals surface area contributed by atoms with E-state index in [1.807, 2.05) is 48.0 Å². The highest BCUT2D eigenvalue weighted by Gasteiger charge is 2.35. The molecule has 2 heterocycles. The van der Waals surface area contributed by atoms with Crippen molar-refractivity contribution in [3.8, 4) is 22.5 Å². The predicted molar refractivity (Wildman–Crippen MR) is 172 cm³/mol. The second kappa shape index (κ2) is 13.5. The van der Waals surface area contributed by atoms with E-state index in [9.17, 15) is 9.59 Å². The number of aromatic amines is 1. The van der Waals surface area contributed by atoms with Crippen LogP contribution < -0.4 is 16.4 Å². The van der Waals surface area contributed by atoms with Crippen LogP contribution in [0.25, 0.3) is 33.5 Å². The fraction of sp³-hybridized carbons (Fsp3) is 0.312. The number of halogens is 1. The van der Waals surface area contributed by atoms with Gasteiger partial charge in [-0.3, -0.25) is 9.59 Å². The summed E-state index contributed by atoms with van der Waals surface area (Å²) in [5, 5.41) is 14.0. The van der Waals surface area contributed by atoms with Crippen LogP contribution in [0.2, 0.25) is 0 Å². The van der Waals surface area contributed by atoms with Gasteiger partial charge < -0.3 is 16.0 Å². The van der Waals surface area contributed by atoms with Crippen molar-refractivity contribution >= 4 is 40.9 Å². The van der Waals surface area contributed by atoms with Crippen LogP contribution in [-0.2, 0) is 23.1 Å². The Labute approximate surface area is 261 Å². The van der Waals surface area contributed by atoms with Gasteiger partial charge in [0.05, 0.1) is 29.1 Å². The van der Waals surface area contributed by atoms with Gasteiger partial charge in [-0.2, -0.15) is 5.21 Å². The van der Waals surface area contributed by atoms with E-state index in [1.165, 1.54) is 4.90 Å². The third-order valence-electron chi connectivity index (χ3n) is 8.48. The number of amides is 2. The molecule has 5 N–H and O–H groups in total. The van der Waals surface area contributed by atoms with E-state index < -0.39 is 11.9 Å². The first-order chi connectivity index (χ1) is 20.9. The predicted octanol–water partition coefficient (Wildman–Crippen LogP) is 4.04. The van der Waals surface area contributed by atoms with Crippen molar-refractivity contribution < 1.29 is 9.59 Å². The molecule has 12 heteroatoms. The van der Waals surface area contributed by atoms with Crippen molar-refractivity contribution in [3.05, 3.63) is 78.6 Å². The molecule has 228 valence electrons. The number of H-pyrrole nitrogens is 1. The number of rotatable bonds is 8. The van der Waals surface area contributed by atoms with E-state index in [4.69, 9.17) is 11.5 Å². The van der Waals surface area contributed by atoms with Gasteiger partial charge in [0.2, 0.25) is 11.7 Å². The highest BCUT2D eigenvalue weighted by Crippen LogP contribution is 2.32. The highest BCUT2D eigenvalue weighted by atomic mass is 35.5. The fourth-order valence-electron chi connectivity index (χ4n) is 5.88. The molecule has 0 saturated heterocycles. The van der Waals surface area contributed by atoms with Gasteiger partial charge in [-0.25, -0.2) is 9.88 Å². The minimum Gasteiger partial charge on any atom is -0.334 e. The van der Waals surface area contributed by atoms with E-state index in [0.717, 1.165) is 40.6 Å². The van der Waals surface area contributed by atoms with Crippen LogP contribution in [0.1, 0.15) is 31.2 Å². The summed E-state index contributed by atoms with van der Waals surface area (Å²) in [4.78, 5) is 33.4. The molecule has 1 aliphatic rings. The zero-order valence-electron chi connectivity index (χ0n) is 24.5. The van der Waals surface area contributed by atoms with Gasteiger partial charge in [0.15, 0.2) is 0 Å². The van der Waals surface area contributed by atoms with Crippen LogP contribution in [-0.4, -0.2) is 54.6 Å². The number of tetrazole rings is 1. The molecule has 1 aliphatic carbocycles. The van der Waals surface area contributed by atoms with Gasteiger partial charge in [0.25, 0.3) is 5.91 Å². The molecule has 5 aromatic rings. The molecular formula is C32H36ClN9O2. The number of hydrogen-bond acceptors (Lipinski definition) is 8. The Morgan fingerprint density at radius 3 is 2.32 bits per heavy atom. The normalized spacial score (nSPS) is 17.2. The first-order valence-corrected chi connectivity index (χ1v) is 14.6. The Bertz CT molecular complexity index is 1710. The summed E-state index contributed by atoms with van der Waals surface area (Å²) in [5.74, 6) is -0.0602. The van der Waals surface area contributed by atoms with Gasteiger partial charge in [-0.1, -0.05) is 30.3 Å². The van der Waals surface area contributed by atoms with E-state index in [1.54, 1.807) is 30.6 Å². The first-order valence-electron chi connectivity index (χ1n) is 14.6. The molecule has 0 aliphatic heterocycles. The monoisotopic (exact) mass is 613 g/mol. The molecule has 1 atom stereocenters. The Morgan fingerprint density at radius 1 is 0.977 bits per heavy atom. The van der Waals surface area contributed by atoms with Gasteiger partial charge in [0, 0.05) is 18.5 Å². The average Bonchev–Trinajstić information content (AvgIpc) is 3.72. The molecule has 2 amide bonds. The number of aryl methyl sites for hydroxylation is 1. The maximum absolute atomic E-state index is 13.9. The molecule has 44 heavy (non-hydrogen) atoms. The van der Waals surface area contributed by atoms with Crippen LogP contribution in [0, 0.1) is 11.8 Å². The number of hydrogen-bond donors (Lipinski definition) is 3. The third-order valence-corrected chi connectivity index (χ3v) is 8.48. The Kier molecular flexibility index (Phi) is 9.48. The van der Waals surface area contributed by atoms with E-state index in [-0.39, 0.29) is 24.2 Å². The topological polar surface area (TPSA) is 162 Å². The first kappa shape index (κ1) is 31.0. The molecule has 2 aromatic heterocycles. The lowest BCUT2D eigenvalue weighted by molar-refractivity contribution is -0.130. The Balaban J connectivity index is 0.00000384. The quantitative estimate of drug-likeness (QED) is 0.236. The van der Waals surface area contributed by atoms with Gasteiger partial charge >= 0.3 is 0 Å². The maximum atomic E-state index is 13.9. The number of nitrogens with one attached hydrogen (secondary N) is 1. The summed E-state index contributed by atoms with van der Waals surface area (Å²) in [6, 6.07) is 20.3. The molecule has 11 nitrogen and oxygen atoms in total. The molecule has 3 aromatic carbocycles. The largest absolute Gasteiger partial charge is 0.334 e. The summed E-state index contributed by atoms with van der Waals surface area (Å²) in [7, 11) is 1.97. The summed E-state index contributed by atoms with van der Waals surface area (Å²) >= 11 is 0. The lowest BCUT2D eigenvalue weighted by Gasteiger charge is -2.32. The van der Waals surface area contributed by atoms with E-state index in [0.29, 0.717) is 48.8 Å². The van der Waals surface area contributed by atoms with Crippen LogP contribution >= 0.6 is 12.4 Å². The van der Waals surface area contributed by atoms with E-state index in [2.05, 4.69) is 31.7 Å². The summed E-state index contributed by atoms with van der Waals surface area (Å²) < 4.78 is 1.99. The van der Waals surface area contributed by atoms with Crippen molar-refractivity contribution in [1.82, 2.24) is 30.2 Å². The average molecular weight is 614 g/mol. The van der Waals surface area contributed by atoms with Gasteiger partial charge in [-0.15, -0.1) is 22.6 Å².